The number of carbonyl (C=O) groups is 1. The number of fused-ring (bicyclic) bond motifs is 1. The van der Waals surface area contributed by atoms with Crippen LogP contribution in [-0.2, 0) is 14.3 Å². The normalized spacial score (nSPS) is 15.7. The highest BCUT2D eigenvalue weighted by Gasteiger charge is 2.28. The van der Waals surface area contributed by atoms with E-state index in [4.69, 9.17) is 14.0 Å². The number of thiol groups is 1. The van der Waals surface area contributed by atoms with E-state index >= 15 is 0 Å². The molecule has 0 bridgehead atoms. The molecule has 1 fully saturated rings. The third-order valence-electron chi connectivity index (χ3n) is 4.76. The zero-order valence-corrected chi connectivity index (χ0v) is 16.1. The van der Waals surface area contributed by atoms with Crippen LogP contribution in [0, 0.1) is 11.6 Å². The van der Waals surface area contributed by atoms with Crippen molar-refractivity contribution in [1.82, 2.24) is 5.16 Å². The summed E-state index contributed by atoms with van der Waals surface area (Å²) < 4.78 is 44.4. The van der Waals surface area contributed by atoms with Crippen LogP contribution in [0.3, 0.4) is 0 Å². The zero-order valence-electron chi connectivity index (χ0n) is 15.2. The molecule has 4 rings (SSSR count). The number of anilines is 1. The molecule has 0 amide bonds. The fourth-order valence-electron chi connectivity index (χ4n) is 3.34. The van der Waals surface area contributed by atoms with Gasteiger partial charge in [0.15, 0.2) is 23.0 Å². The second-order valence-electron chi connectivity index (χ2n) is 6.66. The molecule has 1 aliphatic rings. The molecule has 2 aromatic carbocycles. The Balaban J connectivity index is 1.62. The lowest BCUT2D eigenvalue weighted by Crippen LogP contribution is -2.15. The van der Waals surface area contributed by atoms with Gasteiger partial charge >= 0.3 is 0 Å². The first-order chi connectivity index (χ1) is 14.0. The summed E-state index contributed by atoms with van der Waals surface area (Å²) in [6.07, 6.45) is -0.774. The van der Waals surface area contributed by atoms with Crippen molar-refractivity contribution in [1.29, 1.82) is 0 Å². The van der Waals surface area contributed by atoms with Crippen molar-refractivity contribution in [2.75, 3.05) is 25.1 Å². The van der Waals surface area contributed by atoms with Crippen LogP contribution in [0.4, 0.5) is 14.6 Å². The van der Waals surface area contributed by atoms with Gasteiger partial charge in [0.2, 0.25) is 11.4 Å². The van der Waals surface area contributed by atoms with E-state index in [-0.39, 0.29) is 39.8 Å². The van der Waals surface area contributed by atoms with E-state index in [9.17, 15) is 13.6 Å². The highest BCUT2D eigenvalue weighted by molar-refractivity contribution is 7.96. The first kappa shape index (κ1) is 19.8. The summed E-state index contributed by atoms with van der Waals surface area (Å²) in [6, 6.07) is 10.9. The quantitative estimate of drug-likeness (QED) is 0.559. The number of aromatic nitrogens is 1. The molecule has 3 aromatic rings. The van der Waals surface area contributed by atoms with E-state index in [1.165, 1.54) is 6.07 Å². The molecule has 0 aliphatic carbocycles. The summed E-state index contributed by atoms with van der Waals surface area (Å²) in [5, 5.41) is 6.92. The summed E-state index contributed by atoms with van der Waals surface area (Å²) in [5.74, 6) is -2.18. The summed E-state index contributed by atoms with van der Waals surface area (Å²) in [4.78, 5) is 11.6. The van der Waals surface area contributed by atoms with E-state index in [0.717, 1.165) is 5.56 Å². The number of halogens is 2. The maximum atomic E-state index is 14.5. The van der Waals surface area contributed by atoms with Crippen LogP contribution >= 0.6 is 12.6 Å². The second-order valence-corrected chi connectivity index (χ2v) is 7.16. The lowest BCUT2D eigenvalue weighted by molar-refractivity contribution is -0.111. The number of nitrogens with zero attached hydrogens (tertiary/aromatic N) is 1. The Kier molecular flexibility index (Phi) is 5.79. The van der Waals surface area contributed by atoms with Gasteiger partial charge in [-0.25, -0.2) is 4.39 Å². The molecule has 152 valence electrons. The molecule has 1 saturated heterocycles. The van der Waals surface area contributed by atoms with Crippen LogP contribution in [0.2, 0.25) is 0 Å². The summed E-state index contributed by atoms with van der Waals surface area (Å²) in [5.41, 5.74) is 0.595. The van der Waals surface area contributed by atoms with Crippen LogP contribution in [0.1, 0.15) is 29.8 Å². The van der Waals surface area contributed by atoms with Crippen molar-refractivity contribution >= 4 is 34.5 Å². The molecule has 0 radical (unpaired) electrons. The molecule has 6 nitrogen and oxygen atoms in total. The number of benzene rings is 2. The summed E-state index contributed by atoms with van der Waals surface area (Å²) in [6.45, 7) is 0.923. The third kappa shape index (κ3) is 4.12. The minimum atomic E-state index is -1.15. The highest BCUT2D eigenvalue weighted by atomic mass is 32.1. The van der Waals surface area contributed by atoms with Gasteiger partial charge in [-0.3, -0.25) is 4.79 Å². The van der Waals surface area contributed by atoms with Gasteiger partial charge in [0, 0.05) is 24.4 Å². The maximum absolute atomic E-state index is 14.5. The number of nitrogens with one attached hydrogen (secondary N) is 1. The molecular formula is C20H18F2N2O4S. The monoisotopic (exact) mass is 420 g/mol. The maximum Gasteiger partial charge on any atom is 0.207 e. The van der Waals surface area contributed by atoms with Crippen molar-refractivity contribution < 1.29 is 27.6 Å². The van der Waals surface area contributed by atoms with Gasteiger partial charge in [-0.15, -0.1) is 12.6 Å². The molecule has 1 atom stereocenters. The standard InChI is InChI=1S/C20H18F2N2O4S/c21-16-13(20-26-6-7-27-20)9-14-18(17(16)22)28-24-19(14)23-10-12(8-15(25)29)11-4-2-1-3-5-11/h1-5,9,12,20H,6-8,10H2,(H,23,24)(H,25,29)/t12-/m1/s1. The predicted molar refractivity (Wildman–Crippen MR) is 105 cm³/mol. The molecule has 1 aliphatic heterocycles. The van der Waals surface area contributed by atoms with Gasteiger partial charge in [-0.05, 0) is 11.6 Å². The number of hydrogen-bond donors (Lipinski definition) is 2. The van der Waals surface area contributed by atoms with Gasteiger partial charge in [0.05, 0.1) is 18.6 Å². The molecular weight excluding hydrogens is 402 g/mol. The van der Waals surface area contributed by atoms with Gasteiger partial charge in [0.1, 0.15) is 0 Å². The zero-order chi connectivity index (χ0) is 20.4. The van der Waals surface area contributed by atoms with Gasteiger partial charge in [0.25, 0.3) is 0 Å². The number of carbonyl (C=O) groups excluding carboxylic acids is 1. The van der Waals surface area contributed by atoms with Crippen LogP contribution in [0.5, 0.6) is 0 Å². The topological polar surface area (TPSA) is 73.6 Å². The van der Waals surface area contributed by atoms with Crippen molar-refractivity contribution in [2.24, 2.45) is 0 Å². The van der Waals surface area contributed by atoms with Crippen molar-refractivity contribution in [3.8, 4) is 0 Å². The molecule has 0 spiro atoms. The van der Waals surface area contributed by atoms with Crippen molar-refractivity contribution in [3.63, 3.8) is 0 Å². The van der Waals surface area contributed by atoms with Crippen LogP contribution in [0.15, 0.2) is 40.9 Å². The van der Waals surface area contributed by atoms with Gasteiger partial charge in [-0.2, -0.15) is 4.39 Å². The first-order valence-corrected chi connectivity index (χ1v) is 9.50. The minimum absolute atomic E-state index is 0.0519. The number of rotatable bonds is 7. The van der Waals surface area contributed by atoms with Crippen molar-refractivity contribution in [3.05, 3.63) is 59.2 Å². The summed E-state index contributed by atoms with van der Waals surface area (Å²) >= 11 is 3.88. The molecule has 29 heavy (non-hydrogen) atoms. The van der Waals surface area contributed by atoms with E-state index in [1.807, 2.05) is 30.3 Å². The average Bonchev–Trinajstić information content (AvgIpc) is 3.38. The van der Waals surface area contributed by atoms with Crippen LogP contribution < -0.4 is 5.32 Å². The highest BCUT2D eigenvalue weighted by Crippen LogP contribution is 2.35. The average molecular weight is 420 g/mol. The number of ether oxygens (including phenoxy) is 2. The van der Waals surface area contributed by atoms with Gasteiger partial charge in [-0.1, -0.05) is 35.5 Å². The number of hydrogen-bond acceptors (Lipinski definition) is 6. The Bertz CT molecular complexity index is 1020. The fraction of sp³-hybridized carbons (Fsp3) is 0.300. The van der Waals surface area contributed by atoms with Crippen LogP contribution in [-0.4, -0.2) is 30.0 Å². The van der Waals surface area contributed by atoms with Gasteiger partial charge < -0.3 is 19.3 Å². The summed E-state index contributed by atoms with van der Waals surface area (Å²) in [7, 11) is 0. The largest absolute Gasteiger partial charge is 0.366 e. The lowest BCUT2D eigenvalue weighted by atomic mass is 9.96. The van der Waals surface area contributed by atoms with E-state index in [2.05, 4.69) is 23.1 Å². The van der Waals surface area contributed by atoms with E-state index in [1.54, 1.807) is 0 Å². The Labute approximate surface area is 170 Å². The smallest absolute Gasteiger partial charge is 0.207 e. The van der Waals surface area contributed by atoms with Crippen molar-refractivity contribution in [2.45, 2.75) is 18.6 Å². The SMILES string of the molecule is O=C(S)C[C@H](CNc1noc2c(F)c(F)c(C3OCCO3)cc12)c1ccccc1. The Morgan fingerprint density at radius 1 is 1.21 bits per heavy atom. The Hall–Kier alpha value is -2.49. The first-order valence-electron chi connectivity index (χ1n) is 9.05. The molecule has 1 N–H and O–H groups in total. The molecule has 9 heteroatoms. The Morgan fingerprint density at radius 2 is 1.93 bits per heavy atom. The molecule has 0 unspecified atom stereocenters. The molecule has 2 heterocycles. The molecule has 1 aromatic heterocycles. The second kappa shape index (κ2) is 8.48. The van der Waals surface area contributed by atoms with Crippen LogP contribution in [0.25, 0.3) is 11.0 Å². The van der Waals surface area contributed by atoms with E-state index < -0.39 is 17.9 Å². The van der Waals surface area contributed by atoms with E-state index in [0.29, 0.717) is 19.8 Å². The third-order valence-corrected chi connectivity index (χ3v) is 4.94. The lowest BCUT2D eigenvalue weighted by Gasteiger charge is -2.16. The Morgan fingerprint density at radius 3 is 2.62 bits per heavy atom. The fourth-order valence-corrected chi connectivity index (χ4v) is 3.56. The molecule has 0 saturated carbocycles. The minimum Gasteiger partial charge on any atom is -0.366 e. The predicted octanol–water partition coefficient (Wildman–Crippen LogP) is 4.19.